The molecule has 7 heteroatoms. The van der Waals surface area contributed by atoms with Crippen molar-refractivity contribution in [2.45, 2.75) is 50.2 Å². The summed E-state index contributed by atoms with van der Waals surface area (Å²) >= 11 is 0. The first-order valence-corrected chi connectivity index (χ1v) is 11.4. The Labute approximate surface area is 162 Å². The number of piperidine rings is 1. The van der Waals surface area contributed by atoms with Gasteiger partial charge in [-0.2, -0.15) is 8.42 Å². The summed E-state index contributed by atoms with van der Waals surface area (Å²) in [5.74, 6) is 1.34. The van der Waals surface area contributed by atoms with E-state index in [4.69, 9.17) is 4.74 Å². The van der Waals surface area contributed by atoms with Gasteiger partial charge in [-0.25, -0.2) is 0 Å². The highest BCUT2D eigenvalue weighted by atomic mass is 32.2. The highest BCUT2D eigenvalue weighted by molar-refractivity contribution is 7.90. The number of fused-ring (bicyclic) bond motifs is 1. The maximum Gasteiger partial charge on any atom is 0.285 e. The fourth-order valence-electron chi connectivity index (χ4n) is 4.58. The van der Waals surface area contributed by atoms with E-state index < -0.39 is 10.0 Å². The van der Waals surface area contributed by atoms with Crippen molar-refractivity contribution in [3.63, 3.8) is 0 Å². The van der Waals surface area contributed by atoms with Gasteiger partial charge >= 0.3 is 0 Å². The molecule has 0 N–H and O–H groups in total. The van der Waals surface area contributed by atoms with E-state index in [1.807, 2.05) is 12.1 Å². The second-order valence-electron chi connectivity index (χ2n) is 8.12. The number of ether oxygens (including phenoxy) is 1. The molecule has 6 nitrogen and oxygen atoms in total. The molecule has 0 radical (unpaired) electrons. The third-order valence-electron chi connectivity index (χ3n) is 5.88. The summed E-state index contributed by atoms with van der Waals surface area (Å²) in [5, 5.41) is 0. The number of hydrogen-bond donors (Lipinski definition) is 0. The van der Waals surface area contributed by atoms with Crippen molar-refractivity contribution in [3.8, 4) is 0 Å². The Kier molecular flexibility index (Phi) is 5.27. The first kappa shape index (κ1) is 18.9. The maximum absolute atomic E-state index is 12.3. The standard InChI is InChI=1S/C20H29N3O3S/c1-15-13-22(14-16(2)26-15)10-7-17-8-11-23(12-9-17)20-18-5-3-4-6-19(18)27(24,25)21-20/h3-6,15-17H,7-14H2,1-2H3. The van der Waals surface area contributed by atoms with Gasteiger partial charge < -0.3 is 9.64 Å². The molecule has 1 aromatic rings. The van der Waals surface area contributed by atoms with Crippen molar-refractivity contribution < 1.29 is 13.2 Å². The van der Waals surface area contributed by atoms with E-state index in [9.17, 15) is 8.42 Å². The third-order valence-corrected chi connectivity index (χ3v) is 7.20. The summed E-state index contributed by atoms with van der Waals surface area (Å²) in [5.41, 5.74) is 0.757. The highest BCUT2D eigenvalue weighted by Gasteiger charge is 2.33. The predicted octanol–water partition coefficient (Wildman–Crippen LogP) is 2.35. The molecule has 3 aliphatic rings. The number of morpholine rings is 1. The van der Waals surface area contributed by atoms with Gasteiger partial charge in [0.1, 0.15) is 4.90 Å². The lowest BCUT2D eigenvalue weighted by molar-refractivity contribution is -0.0692. The maximum atomic E-state index is 12.3. The molecule has 0 amide bonds. The van der Waals surface area contributed by atoms with Crippen LogP contribution in [-0.2, 0) is 14.8 Å². The van der Waals surface area contributed by atoms with Crippen LogP contribution in [0, 0.1) is 5.92 Å². The van der Waals surface area contributed by atoms with E-state index in [1.165, 1.54) is 6.42 Å². The molecule has 148 valence electrons. The first-order valence-electron chi connectivity index (χ1n) is 9.99. The quantitative estimate of drug-likeness (QED) is 0.791. The minimum Gasteiger partial charge on any atom is -0.373 e. The molecule has 0 saturated carbocycles. The minimum absolute atomic E-state index is 0.318. The third kappa shape index (κ3) is 4.05. The largest absolute Gasteiger partial charge is 0.373 e. The Morgan fingerprint density at radius 1 is 1.11 bits per heavy atom. The Morgan fingerprint density at radius 3 is 2.48 bits per heavy atom. The summed E-state index contributed by atoms with van der Waals surface area (Å²) < 4.78 is 34.4. The van der Waals surface area contributed by atoms with Gasteiger partial charge in [0.25, 0.3) is 10.0 Å². The number of likely N-dealkylation sites (tertiary alicyclic amines) is 1. The summed E-state index contributed by atoms with van der Waals surface area (Å²) in [6.07, 6.45) is 4.03. The lowest BCUT2D eigenvalue weighted by atomic mass is 9.92. The SMILES string of the molecule is CC1CN(CCC2CCN(C3=NS(=O)(=O)c4ccccc43)CC2)CC(C)O1. The van der Waals surface area contributed by atoms with Crippen molar-refractivity contribution in [1.82, 2.24) is 9.80 Å². The molecule has 2 atom stereocenters. The van der Waals surface area contributed by atoms with Crippen LogP contribution in [0.15, 0.2) is 33.6 Å². The second-order valence-corrected chi connectivity index (χ2v) is 9.69. The Hall–Kier alpha value is -1.44. The normalized spacial score (nSPS) is 28.8. The monoisotopic (exact) mass is 391 g/mol. The minimum atomic E-state index is -3.53. The van der Waals surface area contributed by atoms with Gasteiger partial charge in [-0.05, 0) is 57.7 Å². The Bertz CT molecular complexity index is 806. The van der Waals surface area contributed by atoms with Gasteiger partial charge in [0.15, 0.2) is 5.84 Å². The molecule has 0 bridgehead atoms. The van der Waals surface area contributed by atoms with E-state index in [-0.39, 0.29) is 0 Å². The molecule has 0 spiro atoms. The van der Waals surface area contributed by atoms with Gasteiger partial charge in [-0.15, -0.1) is 4.40 Å². The van der Waals surface area contributed by atoms with Crippen molar-refractivity contribution in [2.24, 2.45) is 10.3 Å². The summed E-state index contributed by atoms with van der Waals surface area (Å²) in [6.45, 7) is 9.22. The predicted molar refractivity (Wildman–Crippen MR) is 106 cm³/mol. The summed E-state index contributed by atoms with van der Waals surface area (Å²) in [6, 6.07) is 7.16. The second kappa shape index (κ2) is 7.53. The van der Waals surface area contributed by atoms with Gasteiger partial charge in [0, 0.05) is 31.7 Å². The molecule has 0 aromatic heterocycles. The highest BCUT2D eigenvalue weighted by Crippen LogP contribution is 2.30. The Morgan fingerprint density at radius 2 is 1.78 bits per heavy atom. The molecule has 27 heavy (non-hydrogen) atoms. The summed E-state index contributed by atoms with van der Waals surface area (Å²) in [4.78, 5) is 5.02. The molecule has 3 aliphatic heterocycles. The van der Waals surface area contributed by atoms with E-state index in [0.29, 0.717) is 28.9 Å². The number of amidine groups is 1. The van der Waals surface area contributed by atoms with Crippen LogP contribution in [0.1, 0.15) is 38.7 Å². The van der Waals surface area contributed by atoms with Gasteiger partial charge in [-0.1, -0.05) is 12.1 Å². The van der Waals surface area contributed by atoms with Crippen molar-refractivity contribution in [1.29, 1.82) is 0 Å². The molecule has 2 fully saturated rings. The fraction of sp³-hybridized carbons (Fsp3) is 0.650. The van der Waals surface area contributed by atoms with E-state index in [2.05, 4.69) is 28.0 Å². The van der Waals surface area contributed by atoms with Crippen LogP contribution in [-0.4, -0.2) is 69.0 Å². The summed E-state index contributed by atoms with van der Waals surface area (Å²) in [7, 11) is -3.53. The van der Waals surface area contributed by atoms with E-state index >= 15 is 0 Å². The van der Waals surface area contributed by atoms with Gasteiger partial charge in [0.05, 0.1) is 12.2 Å². The van der Waals surface area contributed by atoms with Crippen molar-refractivity contribution >= 4 is 15.9 Å². The smallest absolute Gasteiger partial charge is 0.285 e. The van der Waals surface area contributed by atoms with Crippen LogP contribution in [0.25, 0.3) is 0 Å². The van der Waals surface area contributed by atoms with Crippen LogP contribution in [0.2, 0.25) is 0 Å². The topological polar surface area (TPSA) is 62.2 Å². The zero-order valence-corrected chi connectivity index (χ0v) is 17.0. The van der Waals surface area contributed by atoms with Crippen LogP contribution in [0.3, 0.4) is 0 Å². The van der Waals surface area contributed by atoms with Crippen LogP contribution in [0.4, 0.5) is 0 Å². The average molecular weight is 392 g/mol. The fourth-order valence-corrected chi connectivity index (χ4v) is 5.81. The zero-order valence-electron chi connectivity index (χ0n) is 16.2. The van der Waals surface area contributed by atoms with Gasteiger partial charge in [-0.3, -0.25) is 4.90 Å². The number of hydrogen-bond acceptors (Lipinski definition) is 5. The lowest BCUT2D eigenvalue weighted by Gasteiger charge is -2.37. The average Bonchev–Trinajstić information content (AvgIpc) is 2.91. The molecule has 1 aromatic carbocycles. The lowest BCUT2D eigenvalue weighted by Crippen LogP contribution is -2.46. The van der Waals surface area contributed by atoms with Crippen LogP contribution < -0.4 is 0 Å². The van der Waals surface area contributed by atoms with Crippen LogP contribution in [0.5, 0.6) is 0 Å². The Balaban J connectivity index is 1.32. The molecule has 0 aliphatic carbocycles. The number of sulfonamides is 1. The molecule has 4 rings (SSSR count). The van der Waals surface area contributed by atoms with Gasteiger partial charge in [0.2, 0.25) is 0 Å². The molecular weight excluding hydrogens is 362 g/mol. The van der Waals surface area contributed by atoms with E-state index in [1.54, 1.807) is 12.1 Å². The number of benzene rings is 1. The number of nitrogens with zero attached hydrogens (tertiary/aromatic N) is 3. The van der Waals surface area contributed by atoms with Crippen LogP contribution >= 0.6 is 0 Å². The molecular formula is C20H29N3O3S. The molecule has 2 saturated heterocycles. The number of rotatable bonds is 3. The van der Waals surface area contributed by atoms with E-state index in [0.717, 1.165) is 51.1 Å². The first-order chi connectivity index (χ1) is 12.9. The van der Waals surface area contributed by atoms with Crippen molar-refractivity contribution in [3.05, 3.63) is 29.8 Å². The molecule has 2 unspecified atom stereocenters. The molecule has 3 heterocycles. The zero-order chi connectivity index (χ0) is 19.0. The van der Waals surface area contributed by atoms with Crippen molar-refractivity contribution in [2.75, 3.05) is 32.7 Å².